The Kier molecular flexibility index (Phi) is 3.60. The van der Waals surface area contributed by atoms with Gasteiger partial charge in [-0.15, -0.1) is 11.3 Å². The molecule has 5 heteroatoms. The van der Waals surface area contributed by atoms with Gasteiger partial charge in [0.15, 0.2) is 5.13 Å². The third-order valence-corrected chi connectivity index (χ3v) is 5.29. The van der Waals surface area contributed by atoms with Gasteiger partial charge in [0.05, 0.1) is 18.7 Å². The van der Waals surface area contributed by atoms with Gasteiger partial charge in [0.1, 0.15) is 0 Å². The van der Waals surface area contributed by atoms with E-state index >= 15 is 0 Å². The molecule has 0 spiro atoms. The van der Waals surface area contributed by atoms with Crippen LogP contribution in [0, 0.1) is 10.8 Å². The van der Waals surface area contributed by atoms with Crippen molar-refractivity contribution in [2.45, 2.75) is 47.1 Å². The smallest absolute Gasteiger partial charge is 0.311 e. The molecule has 0 aromatic carbocycles. The zero-order valence-electron chi connectivity index (χ0n) is 12.2. The summed E-state index contributed by atoms with van der Waals surface area (Å²) in [7, 11) is 0. The summed E-state index contributed by atoms with van der Waals surface area (Å²) in [5.41, 5.74) is 1.34. The molecule has 2 rings (SSSR count). The number of rotatable bonds is 5. The van der Waals surface area contributed by atoms with Gasteiger partial charge >= 0.3 is 5.97 Å². The lowest BCUT2D eigenvalue weighted by atomic mass is 10.0. The quantitative estimate of drug-likeness (QED) is 0.843. The predicted molar refractivity (Wildman–Crippen MR) is 77.4 cm³/mol. The van der Waals surface area contributed by atoms with E-state index in [1.807, 2.05) is 12.3 Å². The maximum atomic E-state index is 11.4. The fourth-order valence-corrected chi connectivity index (χ4v) is 3.23. The number of carbonyl (C=O) groups is 1. The maximum absolute atomic E-state index is 11.4. The van der Waals surface area contributed by atoms with E-state index in [2.05, 4.69) is 38.0 Å². The molecule has 0 atom stereocenters. The lowest BCUT2D eigenvalue weighted by Crippen LogP contribution is -2.10. The molecule has 1 fully saturated rings. The van der Waals surface area contributed by atoms with Gasteiger partial charge in [0.2, 0.25) is 0 Å². The van der Waals surface area contributed by atoms with Crippen LogP contribution >= 0.6 is 11.3 Å². The lowest BCUT2D eigenvalue weighted by Gasteiger charge is -2.03. The molecule has 1 N–H and O–H groups in total. The molecule has 0 unspecified atom stereocenters. The molecular formula is C14H22N2O2S. The van der Waals surface area contributed by atoms with E-state index in [0.29, 0.717) is 12.6 Å². The third kappa shape index (κ3) is 2.61. The van der Waals surface area contributed by atoms with E-state index in [0.717, 1.165) is 10.8 Å². The summed E-state index contributed by atoms with van der Waals surface area (Å²) in [6.07, 6.45) is 0.253. The molecule has 1 aliphatic rings. The molecular weight excluding hydrogens is 260 g/mol. The van der Waals surface area contributed by atoms with Crippen LogP contribution in [0.5, 0.6) is 0 Å². The fourth-order valence-electron chi connectivity index (χ4n) is 2.50. The standard InChI is InChI=1S/C14H22N2O2S/c1-6-18-10(17)7-9-8-19-12(15-9)16-11-13(2,3)14(11,4)5/h8,11H,6-7H2,1-5H3,(H,15,16). The minimum Gasteiger partial charge on any atom is -0.466 e. The Labute approximate surface area is 118 Å². The van der Waals surface area contributed by atoms with Gasteiger partial charge in [-0.3, -0.25) is 4.79 Å². The molecule has 0 aliphatic heterocycles. The first-order valence-corrected chi connectivity index (χ1v) is 7.53. The van der Waals surface area contributed by atoms with Crippen molar-refractivity contribution in [1.82, 2.24) is 4.98 Å². The first-order valence-electron chi connectivity index (χ1n) is 6.65. The number of hydrogen-bond donors (Lipinski definition) is 1. The molecule has 1 saturated carbocycles. The summed E-state index contributed by atoms with van der Waals surface area (Å²) in [4.78, 5) is 15.8. The van der Waals surface area contributed by atoms with Crippen LogP contribution in [0.3, 0.4) is 0 Å². The third-order valence-electron chi connectivity index (χ3n) is 4.47. The molecule has 19 heavy (non-hydrogen) atoms. The van der Waals surface area contributed by atoms with E-state index < -0.39 is 0 Å². The molecule has 0 saturated heterocycles. The normalized spacial score (nSPS) is 20.1. The van der Waals surface area contributed by atoms with E-state index in [1.165, 1.54) is 0 Å². The van der Waals surface area contributed by atoms with Crippen LogP contribution < -0.4 is 5.32 Å². The summed E-state index contributed by atoms with van der Waals surface area (Å²) in [6.45, 7) is 11.3. The molecule has 4 nitrogen and oxygen atoms in total. The van der Waals surface area contributed by atoms with Crippen LogP contribution in [0.2, 0.25) is 0 Å². The molecule has 1 aromatic heterocycles. The fraction of sp³-hybridized carbons (Fsp3) is 0.714. The van der Waals surface area contributed by atoms with Crippen molar-refractivity contribution < 1.29 is 9.53 Å². The van der Waals surface area contributed by atoms with Crippen molar-refractivity contribution in [2.75, 3.05) is 11.9 Å². The molecule has 1 heterocycles. The highest BCUT2D eigenvalue weighted by molar-refractivity contribution is 7.13. The van der Waals surface area contributed by atoms with Crippen molar-refractivity contribution in [3.05, 3.63) is 11.1 Å². The second-order valence-electron chi connectivity index (χ2n) is 6.15. The Hall–Kier alpha value is -1.10. The topological polar surface area (TPSA) is 51.2 Å². The van der Waals surface area contributed by atoms with Gasteiger partial charge in [-0.2, -0.15) is 0 Å². The predicted octanol–water partition coefficient (Wildman–Crippen LogP) is 3.10. The Morgan fingerprint density at radius 2 is 2.05 bits per heavy atom. The van der Waals surface area contributed by atoms with E-state index in [1.54, 1.807) is 11.3 Å². The van der Waals surface area contributed by atoms with Crippen LogP contribution in [0.1, 0.15) is 40.3 Å². The Balaban J connectivity index is 1.94. The Morgan fingerprint density at radius 3 is 2.58 bits per heavy atom. The molecule has 0 bridgehead atoms. The van der Waals surface area contributed by atoms with Gasteiger partial charge in [-0.1, -0.05) is 27.7 Å². The molecule has 0 radical (unpaired) electrons. The van der Waals surface area contributed by atoms with Crippen molar-refractivity contribution >= 4 is 22.4 Å². The second-order valence-corrected chi connectivity index (χ2v) is 7.00. The average molecular weight is 282 g/mol. The highest BCUT2D eigenvalue weighted by Crippen LogP contribution is 2.63. The Bertz CT molecular complexity index is 466. The monoisotopic (exact) mass is 282 g/mol. The van der Waals surface area contributed by atoms with Crippen LogP contribution in [0.25, 0.3) is 0 Å². The maximum Gasteiger partial charge on any atom is 0.311 e. The number of anilines is 1. The highest BCUT2D eigenvalue weighted by atomic mass is 32.1. The van der Waals surface area contributed by atoms with Crippen LogP contribution in [-0.4, -0.2) is 23.6 Å². The van der Waals surface area contributed by atoms with Crippen molar-refractivity contribution in [3.8, 4) is 0 Å². The first-order chi connectivity index (χ1) is 8.79. The minimum atomic E-state index is -0.216. The SMILES string of the molecule is CCOC(=O)Cc1csc(NC2C(C)(C)C2(C)C)n1. The second kappa shape index (κ2) is 4.78. The lowest BCUT2D eigenvalue weighted by molar-refractivity contribution is -0.142. The van der Waals surface area contributed by atoms with Gasteiger partial charge in [-0.25, -0.2) is 4.98 Å². The van der Waals surface area contributed by atoms with E-state index in [4.69, 9.17) is 4.74 Å². The van der Waals surface area contributed by atoms with Crippen LogP contribution in [0.4, 0.5) is 5.13 Å². The molecule has 106 valence electrons. The number of hydrogen-bond acceptors (Lipinski definition) is 5. The first kappa shape index (κ1) is 14.3. The number of esters is 1. The number of nitrogens with one attached hydrogen (secondary N) is 1. The van der Waals surface area contributed by atoms with Crippen LogP contribution in [-0.2, 0) is 16.0 Å². The Morgan fingerprint density at radius 1 is 1.42 bits per heavy atom. The van der Waals surface area contributed by atoms with E-state index in [-0.39, 0.29) is 23.2 Å². The van der Waals surface area contributed by atoms with E-state index in [9.17, 15) is 4.79 Å². The summed E-state index contributed by atoms with van der Waals surface area (Å²) in [5, 5.41) is 6.29. The molecule has 1 aromatic rings. The van der Waals surface area contributed by atoms with Gasteiger partial charge in [-0.05, 0) is 17.8 Å². The van der Waals surface area contributed by atoms with Gasteiger partial charge < -0.3 is 10.1 Å². The van der Waals surface area contributed by atoms with Crippen molar-refractivity contribution in [3.63, 3.8) is 0 Å². The summed E-state index contributed by atoms with van der Waals surface area (Å²) in [6, 6.07) is 0.432. The highest BCUT2D eigenvalue weighted by Gasteiger charge is 2.65. The zero-order chi connectivity index (χ0) is 14.3. The molecule has 1 aliphatic carbocycles. The van der Waals surface area contributed by atoms with Crippen molar-refractivity contribution in [2.24, 2.45) is 10.8 Å². The summed E-state index contributed by atoms with van der Waals surface area (Å²) < 4.78 is 4.92. The summed E-state index contributed by atoms with van der Waals surface area (Å²) >= 11 is 1.55. The largest absolute Gasteiger partial charge is 0.466 e. The number of thiazole rings is 1. The molecule has 0 amide bonds. The van der Waals surface area contributed by atoms with Crippen molar-refractivity contribution in [1.29, 1.82) is 0 Å². The number of ether oxygens (including phenoxy) is 1. The summed E-state index contributed by atoms with van der Waals surface area (Å²) in [5.74, 6) is -0.216. The zero-order valence-corrected chi connectivity index (χ0v) is 13.1. The van der Waals surface area contributed by atoms with Gasteiger partial charge in [0.25, 0.3) is 0 Å². The average Bonchev–Trinajstić information content (AvgIpc) is 2.68. The number of nitrogens with zero attached hydrogens (tertiary/aromatic N) is 1. The van der Waals surface area contributed by atoms with Gasteiger partial charge in [0, 0.05) is 11.4 Å². The van der Waals surface area contributed by atoms with Crippen LogP contribution in [0.15, 0.2) is 5.38 Å². The number of carbonyl (C=O) groups excluding carboxylic acids is 1. The minimum absolute atomic E-state index is 0.216. The number of aromatic nitrogens is 1.